The first-order valence-corrected chi connectivity index (χ1v) is 10.5. The molecule has 0 fully saturated rings. The molecule has 0 atom stereocenters. The Kier molecular flexibility index (Phi) is 5.01. The van der Waals surface area contributed by atoms with Crippen LogP contribution in [0.4, 0.5) is 11.4 Å². The van der Waals surface area contributed by atoms with E-state index >= 15 is 0 Å². The van der Waals surface area contributed by atoms with Gasteiger partial charge in [-0.05, 0) is 38.1 Å². The Bertz CT molecular complexity index is 1480. The summed E-state index contributed by atoms with van der Waals surface area (Å²) < 4.78 is 3.37. The average molecular weight is 455 g/mol. The zero-order valence-corrected chi connectivity index (χ0v) is 19.0. The van der Waals surface area contributed by atoms with Crippen molar-refractivity contribution in [2.75, 3.05) is 10.6 Å². The predicted octanol–water partition coefficient (Wildman–Crippen LogP) is 2.77. The molecular weight excluding hydrogens is 434 g/mol. The molecule has 0 aromatic carbocycles. The molecule has 0 aliphatic carbocycles. The third-order valence-corrected chi connectivity index (χ3v) is 5.46. The number of anilines is 2. The number of aryl methyl sites for hydroxylation is 4. The number of rotatable bonds is 4. The van der Waals surface area contributed by atoms with E-state index in [9.17, 15) is 9.59 Å². The van der Waals surface area contributed by atoms with Gasteiger partial charge < -0.3 is 10.6 Å². The molecule has 11 heteroatoms. The van der Waals surface area contributed by atoms with Gasteiger partial charge in [0.25, 0.3) is 11.8 Å². The third-order valence-electron chi connectivity index (χ3n) is 5.46. The summed E-state index contributed by atoms with van der Waals surface area (Å²) in [4.78, 5) is 38.5. The molecule has 0 bridgehead atoms. The van der Waals surface area contributed by atoms with E-state index < -0.39 is 11.8 Å². The lowest BCUT2D eigenvalue weighted by Crippen LogP contribution is -2.18. The molecule has 11 nitrogen and oxygen atoms in total. The van der Waals surface area contributed by atoms with E-state index in [0.717, 1.165) is 33.5 Å². The molecule has 34 heavy (non-hydrogen) atoms. The quantitative estimate of drug-likeness (QED) is 0.426. The Morgan fingerprint density at radius 3 is 1.65 bits per heavy atom. The van der Waals surface area contributed by atoms with Crippen molar-refractivity contribution in [3.8, 4) is 0 Å². The fourth-order valence-electron chi connectivity index (χ4n) is 3.83. The summed E-state index contributed by atoms with van der Waals surface area (Å²) in [7, 11) is 3.63. The number of hydrogen-bond donors (Lipinski definition) is 2. The number of nitrogens with one attached hydrogen (secondary N) is 2. The molecule has 5 aromatic heterocycles. The van der Waals surface area contributed by atoms with Crippen LogP contribution in [0.2, 0.25) is 0 Å². The molecule has 5 aromatic rings. The van der Waals surface area contributed by atoms with Crippen LogP contribution < -0.4 is 10.6 Å². The number of fused-ring (bicyclic) bond motifs is 2. The highest BCUT2D eigenvalue weighted by Crippen LogP contribution is 2.21. The molecule has 2 N–H and O–H groups in total. The summed E-state index contributed by atoms with van der Waals surface area (Å²) in [5.41, 5.74) is 4.30. The molecule has 0 spiro atoms. The van der Waals surface area contributed by atoms with E-state index in [-0.39, 0.29) is 11.4 Å². The van der Waals surface area contributed by atoms with Crippen LogP contribution in [0.5, 0.6) is 0 Å². The maximum absolute atomic E-state index is 12.8. The summed E-state index contributed by atoms with van der Waals surface area (Å²) in [5.74, 6) is -0.905. The number of carbonyl (C=O) groups excluding carboxylic acids is 2. The van der Waals surface area contributed by atoms with Crippen LogP contribution in [0.1, 0.15) is 32.4 Å². The Hall–Kier alpha value is -4.67. The van der Waals surface area contributed by atoms with E-state index in [4.69, 9.17) is 0 Å². The second-order valence-corrected chi connectivity index (χ2v) is 7.92. The fraction of sp³-hybridized carbons (Fsp3) is 0.174. The standard InChI is InChI=1S/C23H21N9O2/c1-12-16-8-14(10-24-20(16)31(3)29-12)26-22(33)18-6-5-7-19(28-18)23(34)27-15-9-17-13(2)30-32(4)21(17)25-11-15/h5-11H,1-4H3,(H,26,33)(H,27,34). The van der Waals surface area contributed by atoms with Crippen LogP contribution in [0, 0.1) is 13.8 Å². The first-order valence-electron chi connectivity index (χ1n) is 10.5. The zero-order chi connectivity index (χ0) is 24.0. The lowest BCUT2D eigenvalue weighted by Gasteiger charge is -2.08. The molecule has 5 rings (SSSR count). The minimum Gasteiger partial charge on any atom is -0.319 e. The minimum atomic E-state index is -0.452. The maximum Gasteiger partial charge on any atom is 0.274 e. The molecule has 0 saturated heterocycles. The van der Waals surface area contributed by atoms with Crippen LogP contribution in [0.15, 0.2) is 42.7 Å². The predicted molar refractivity (Wildman–Crippen MR) is 127 cm³/mol. The summed E-state index contributed by atoms with van der Waals surface area (Å²) in [5, 5.41) is 15.9. The zero-order valence-electron chi connectivity index (χ0n) is 19.0. The van der Waals surface area contributed by atoms with Gasteiger partial charge >= 0.3 is 0 Å². The van der Waals surface area contributed by atoms with Crippen LogP contribution in [-0.4, -0.2) is 46.3 Å². The Morgan fingerprint density at radius 2 is 1.21 bits per heavy atom. The number of amides is 2. The van der Waals surface area contributed by atoms with E-state index in [2.05, 4.69) is 35.8 Å². The van der Waals surface area contributed by atoms with E-state index in [1.165, 1.54) is 0 Å². The SMILES string of the molecule is Cc1nn(C)c2ncc(NC(=O)c3cccc(C(=O)Nc4cnc5c(c4)c(C)nn5C)n3)cc12. The van der Waals surface area contributed by atoms with Crippen molar-refractivity contribution in [2.24, 2.45) is 14.1 Å². The lowest BCUT2D eigenvalue weighted by atomic mass is 10.2. The van der Waals surface area contributed by atoms with Crippen molar-refractivity contribution >= 4 is 45.3 Å². The van der Waals surface area contributed by atoms with Gasteiger partial charge in [-0.15, -0.1) is 0 Å². The van der Waals surface area contributed by atoms with Gasteiger partial charge in [-0.25, -0.2) is 15.0 Å². The van der Waals surface area contributed by atoms with Crippen LogP contribution in [0.25, 0.3) is 22.1 Å². The van der Waals surface area contributed by atoms with Gasteiger partial charge in [-0.2, -0.15) is 10.2 Å². The topological polar surface area (TPSA) is 133 Å². The Morgan fingerprint density at radius 1 is 0.765 bits per heavy atom. The van der Waals surface area contributed by atoms with Gasteiger partial charge in [-0.3, -0.25) is 19.0 Å². The smallest absolute Gasteiger partial charge is 0.274 e. The van der Waals surface area contributed by atoms with Gasteiger partial charge in [0.15, 0.2) is 11.3 Å². The van der Waals surface area contributed by atoms with E-state index in [0.29, 0.717) is 11.4 Å². The highest BCUT2D eigenvalue weighted by Gasteiger charge is 2.15. The summed E-state index contributed by atoms with van der Waals surface area (Å²) in [6.07, 6.45) is 3.11. The molecule has 2 amide bonds. The van der Waals surface area contributed by atoms with Gasteiger partial charge in [0.05, 0.1) is 35.2 Å². The number of hydrogen-bond acceptors (Lipinski definition) is 7. The molecular formula is C23H21N9O2. The second-order valence-electron chi connectivity index (χ2n) is 7.92. The van der Waals surface area contributed by atoms with Gasteiger partial charge in [0, 0.05) is 24.9 Å². The minimum absolute atomic E-state index is 0.104. The van der Waals surface area contributed by atoms with E-state index in [1.807, 2.05) is 40.1 Å². The van der Waals surface area contributed by atoms with Crippen LogP contribution in [0.3, 0.4) is 0 Å². The molecule has 5 heterocycles. The first kappa shape index (κ1) is 21.2. The van der Waals surface area contributed by atoms with E-state index in [1.54, 1.807) is 40.0 Å². The Labute approximate surface area is 193 Å². The molecule has 0 unspecified atom stereocenters. The van der Waals surface area contributed by atoms with Crippen molar-refractivity contribution in [1.82, 2.24) is 34.5 Å². The number of nitrogens with zero attached hydrogens (tertiary/aromatic N) is 7. The third kappa shape index (κ3) is 3.72. The average Bonchev–Trinajstić information content (AvgIpc) is 3.27. The van der Waals surface area contributed by atoms with Crippen LogP contribution in [-0.2, 0) is 14.1 Å². The number of carbonyl (C=O) groups is 2. The van der Waals surface area contributed by atoms with Crippen molar-refractivity contribution in [3.05, 3.63) is 65.5 Å². The normalized spacial score (nSPS) is 11.2. The van der Waals surface area contributed by atoms with Crippen molar-refractivity contribution in [1.29, 1.82) is 0 Å². The first-order chi connectivity index (χ1) is 16.3. The summed E-state index contributed by atoms with van der Waals surface area (Å²) in [6.45, 7) is 3.75. The van der Waals surface area contributed by atoms with Gasteiger partial charge in [0.1, 0.15) is 11.4 Å². The Balaban J connectivity index is 1.34. The summed E-state index contributed by atoms with van der Waals surface area (Å²) >= 11 is 0. The molecule has 170 valence electrons. The highest BCUT2D eigenvalue weighted by atomic mass is 16.2. The molecule has 0 aliphatic heterocycles. The van der Waals surface area contributed by atoms with Gasteiger partial charge in [-0.1, -0.05) is 6.07 Å². The second kappa shape index (κ2) is 8.03. The lowest BCUT2D eigenvalue weighted by molar-refractivity contribution is 0.101. The summed E-state index contributed by atoms with van der Waals surface area (Å²) in [6, 6.07) is 8.31. The van der Waals surface area contributed by atoms with Crippen molar-refractivity contribution in [2.45, 2.75) is 13.8 Å². The molecule has 0 radical (unpaired) electrons. The molecule has 0 aliphatic rings. The van der Waals surface area contributed by atoms with Crippen molar-refractivity contribution in [3.63, 3.8) is 0 Å². The fourth-order valence-corrected chi connectivity index (χ4v) is 3.83. The monoisotopic (exact) mass is 455 g/mol. The maximum atomic E-state index is 12.8. The van der Waals surface area contributed by atoms with Gasteiger partial charge in [0.2, 0.25) is 0 Å². The molecule has 0 saturated carbocycles. The number of pyridine rings is 3. The number of aromatic nitrogens is 7. The largest absolute Gasteiger partial charge is 0.319 e. The van der Waals surface area contributed by atoms with Crippen molar-refractivity contribution < 1.29 is 9.59 Å². The highest BCUT2D eigenvalue weighted by molar-refractivity contribution is 6.06. The van der Waals surface area contributed by atoms with Crippen LogP contribution >= 0.6 is 0 Å².